The Morgan fingerprint density at radius 2 is 0.787 bits per heavy atom. The van der Waals surface area contributed by atoms with E-state index >= 15 is 0 Å². The molecular weight excluding hydrogens is 1580 g/mol. The molecule has 3 amide bonds. The van der Waals surface area contributed by atoms with Crippen molar-refractivity contribution in [3.05, 3.63) is 232 Å². The van der Waals surface area contributed by atoms with Crippen molar-refractivity contribution in [1.29, 1.82) is 15.8 Å². The maximum absolute atomic E-state index is 13.6. The molecule has 676 valence electrons. The zero-order valence-corrected chi connectivity index (χ0v) is 78.8. The average Bonchev–Trinajstić information content (AvgIpc) is 1.64. The Kier molecular flexibility index (Phi) is 50.8. The van der Waals surface area contributed by atoms with E-state index < -0.39 is 5.91 Å². The summed E-state index contributed by atoms with van der Waals surface area (Å²) < 4.78 is 18.5. The Hall–Kier alpha value is -12.4. The fraction of sp³-hybridized carbons (Fsp3) is 0.533. The standard InChI is InChI=1S/C40H55N5O4.C34H45N5O2.C31H39N5O/c1-9-15-18-30(12-4)29-49-36-27-33(44(14-6)25-26-48-40(47)31(13-5)19-16-10-2)22-20-32(36)21-23-34-37(43-8)38(35(28-41)42-7)45(39(34)46)24-17-11-3;1-7-11-15-16-24-41-31-25-28(38(21-12-8-2)22-13-9-3)19-17-27(31)18-20-29-32(37-6)33(30(26-35)36-5)39(34(29)40)23-14-10-4;1-8-11-18-35(19-12-9-2)25-16-14-24(27(21-25)23(4)5)15-17-26-29(34-7)30(28(22-32)33-6)36(31(26)37)20-13-10-3/h20-23,27,30-31H,9-19,24-26,29H2,1-6H3;17-20,25H,7-16,21-24H2,1-4H3;14-17,21,23H,8-13,18-20H2,1-5H3/b23-21+,38-35+;20-18+,33-30+;17-15+,30-28+. The molecule has 3 aliphatic heterocycles. The first-order chi connectivity index (χ1) is 61.7. The molecule has 0 N–H and O–H groups in total. The second-order valence-corrected chi connectivity index (χ2v) is 32.2. The number of amides is 3. The Morgan fingerprint density at radius 3 is 1.14 bits per heavy atom. The van der Waals surface area contributed by atoms with Crippen molar-refractivity contribution >= 4 is 59.0 Å². The second-order valence-electron chi connectivity index (χ2n) is 32.2. The quantitative estimate of drug-likeness (QED) is 0.0223. The number of unbranched alkanes of at least 4 members (excludes halogenated alkanes) is 12. The van der Waals surface area contributed by atoms with Gasteiger partial charge in [0.2, 0.25) is 34.8 Å². The van der Waals surface area contributed by atoms with E-state index in [1.165, 1.54) is 32.4 Å². The van der Waals surface area contributed by atoms with Crippen LogP contribution < -0.4 is 24.2 Å². The van der Waals surface area contributed by atoms with Gasteiger partial charge in [0.25, 0.3) is 17.1 Å². The lowest BCUT2D eigenvalue weighted by Gasteiger charge is -2.26. The highest BCUT2D eigenvalue weighted by molar-refractivity contribution is 6.06. The second kappa shape index (κ2) is 60.3. The van der Waals surface area contributed by atoms with Crippen LogP contribution in [0.15, 0.2) is 141 Å². The molecule has 127 heavy (non-hydrogen) atoms. The van der Waals surface area contributed by atoms with E-state index in [0.29, 0.717) is 70.4 Å². The van der Waals surface area contributed by atoms with Crippen molar-refractivity contribution in [2.24, 2.45) is 11.8 Å². The maximum Gasteiger partial charge on any atom is 0.308 e. The highest BCUT2D eigenvalue weighted by atomic mass is 16.5. The van der Waals surface area contributed by atoms with Crippen molar-refractivity contribution in [3.8, 4) is 29.7 Å². The van der Waals surface area contributed by atoms with Gasteiger partial charge in [0.15, 0.2) is 0 Å². The molecule has 6 rings (SSSR count). The average molecular weight is 1720 g/mol. The molecule has 0 saturated heterocycles. The van der Waals surface area contributed by atoms with Crippen LogP contribution in [0.3, 0.4) is 0 Å². The van der Waals surface area contributed by atoms with Crippen molar-refractivity contribution in [2.75, 3.05) is 93.4 Å². The summed E-state index contributed by atoms with van der Waals surface area (Å²) in [5, 5.41) is 28.7. The number of hydrogen-bond donors (Lipinski definition) is 0. The van der Waals surface area contributed by atoms with Crippen LogP contribution in [0.2, 0.25) is 0 Å². The number of benzene rings is 3. The van der Waals surface area contributed by atoms with E-state index in [2.05, 4.69) is 150 Å². The summed E-state index contributed by atoms with van der Waals surface area (Å²) in [6.07, 6.45) is 36.6. The lowest BCUT2D eigenvalue weighted by Crippen LogP contribution is -2.29. The van der Waals surface area contributed by atoms with Crippen molar-refractivity contribution < 1.29 is 33.4 Å². The summed E-state index contributed by atoms with van der Waals surface area (Å²) in [6.45, 7) is 85.4. The normalized spacial score (nSPS) is 14.7. The van der Waals surface area contributed by atoms with Gasteiger partial charge >= 0.3 is 5.97 Å². The van der Waals surface area contributed by atoms with Crippen LogP contribution in [0.1, 0.15) is 299 Å². The first-order valence-corrected chi connectivity index (χ1v) is 46.7. The van der Waals surface area contributed by atoms with Crippen molar-refractivity contribution in [3.63, 3.8) is 0 Å². The van der Waals surface area contributed by atoms with Crippen LogP contribution in [-0.4, -0.2) is 117 Å². The van der Waals surface area contributed by atoms with Gasteiger partial charge in [-0.1, -0.05) is 236 Å². The summed E-state index contributed by atoms with van der Waals surface area (Å²) in [7, 11) is 0. The van der Waals surface area contributed by atoms with E-state index in [-0.39, 0.29) is 104 Å². The van der Waals surface area contributed by atoms with Gasteiger partial charge in [-0.15, -0.1) is 0 Å². The first kappa shape index (κ1) is 107. The monoisotopic (exact) mass is 1720 g/mol. The summed E-state index contributed by atoms with van der Waals surface area (Å²) in [4.78, 5) is 85.1. The molecule has 0 fully saturated rings. The van der Waals surface area contributed by atoms with Crippen LogP contribution in [-0.2, 0) is 23.9 Å². The highest BCUT2D eigenvalue weighted by Gasteiger charge is 2.39. The van der Waals surface area contributed by atoms with Gasteiger partial charge in [-0.05, 0) is 137 Å². The first-order valence-electron chi connectivity index (χ1n) is 46.7. The number of carbonyl (C=O) groups excluding carboxylic acids is 4. The Balaban J connectivity index is 0.000000403. The Bertz CT molecular complexity index is 4780. The lowest BCUT2D eigenvalue weighted by molar-refractivity contribution is -0.148. The summed E-state index contributed by atoms with van der Waals surface area (Å²) in [5.74, 6) is 0.809. The van der Waals surface area contributed by atoms with Crippen LogP contribution in [0, 0.1) is 85.3 Å². The molecule has 0 aromatic heterocycles. The van der Waals surface area contributed by atoms with E-state index in [9.17, 15) is 35.0 Å². The molecule has 0 saturated carbocycles. The largest absolute Gasteiger partial charge is 0.493 e. The van der Waals surface area contributed by atoms with E-state index in [1.54, 1.807) is 24.3 Å². The number of nitriles is 3. The molecule has 0 radical (unpaired) electrons. The van der Waals surface area contributed by atoms with E-state index in [1.807, 2.05) is 82.3 Å². The van der Waals surface area contributed by atoms with Gasteiger partial charge < -0.3 is 43.6 Å². The number of anilines is 3. The Morgan fingerprint density at radius 1 is 0.417 bits per heavy atom. The summed E-state index contributed by atoms with van der Waals surface area (Å²) >= 11 is 0. The van der Waals surface area contributed by atoms with E-state index in [4.69, 9.17) is 53.6 Å². The Labute approximate surface area is 761 Å². The van der Waals surface area contributed by atoms with Crippen LogP contribution in [0.4, 0.5) is 17.1 Å². The zero-order chi connectivity index (χ0) is 93.6. The number of ether oxygens (including phenoxy) is 3. The van der Waals surface area contributed by atoms with Crippen LogP contribution >= 0.6 is 0 Å². The highest BCUT2D eigenvalue weighted by Crippen LogP contribution is 2.41. The fourth-order valence-electron chi connectivity index (χ4n) is 14.9. The van der Waals surface area contributed by atoms with Crippen LogP contribution in [0.5, 0.6) is 11.5 Å². The molecule has 3 heterocycles. The van der Waals surface area contributed by atoms with Gasteiger partial charge in [0.05, 0.1) is 100 Å². The number of nitrogens with zero attached hydrogens (tertiary/aromatic N) is 15. The minimum absolute atomic E-state index is 0.0151. The van der Waals surface area contributed by atoms with Gasteiger partial charge in [-0.2, -0.15) is 0 Å². The number of carbonyl (C=O) groups is 4. The molecule has 0 spiro atoms. The molecule has 2 atom stereocenters. The molecule has 22 heteroatoms. The number of hydrogen-bond acceptors (Lipinski definition) is 13. The summed E-state index contributed by atoms with van der Waals surface area (Å²) in [6, 6.07) is 24.2. The lowest BCUT2D eigenvalue weighted by atomic mass is 9.95. The predicted molar refractivity (Wildman–Crippen MR) is 514 cm³/mol. The number of rotatable bonds is 53. The number of likely N-dealkylation sites (N-methyl/N-ethyl adjacent to an activating group) is 1. The van der Waals surface area contributed by atoms with Crippen LogP contribution in [0.25, 0.3) is 47.3 Å². The minimum atomic E-state index is -0.390. The minimum Gasteiger partial charge on any atom is -0.493 e. The smallest absolute Gasteiger partial charge is 0.308 e. The third kappa shape index (κ3) is 31.6. The third-order valence-electron chi connectivity index (χ3n) is 22.7. The SMILES string of the molecule is [C-]#[N+]C1=C(/C=C/c2ccc(N(CC)CCOC(=O)C(CC)CCCC)cc2OCC(CC)CCCC)C(=O)N(CCCC)/C1=C(\C#N)[N+]#[C-].[C-]#[N+]C1=C(/C=C/c2ccc(N(CCCC)CCCC)cc2C(C)C)C(=O)N(CCCC)/C1=C(\C#N)[N+]#[C-].[C-]#[N+]C1=C(/C=C/c2ccc(N(CCCC)CCCC)cc2OCCCCCC)C(=O)N(CCCC)/C1=C(\C#N)[N+]#[C-]. The van der Waals surface area contributed by atoms with Gasteiger partial charge in [0, 0.05) is 109 Å². The molecule has 3 aromatic carbocycles. The zero-order valence-electron chi connectivity index (χ0n) is 78.8. The van der Waals surface area contributed by atoms with Gasteiger partial charge in [-0.3, -0.25) is 19.2 Å². The topological polar surface area (TPSA) is 213 Å². The van der Waals surface area contributed by atoms with Crippen molar-refractivity contribution in [2.45, 2.75) is 277 Å². The number of allylic oxidation sites excluding steroid dienone is 3. The molecule has 3 aromatic rings. The van der Waals surface area contributed by atoms with Gasteiger partial charge in [0.1, 0.15) is 18.1 Å². The predicted octanol–water partition coefficient (Wildman–Crippen LogP) is 25.6. The molecule has 2 unspecified atom stereocenters. The summed E-state index contributed by atoms with van der Waals surface area (Å²) in [5.41, 5.74) is 7.40. The third-order valence-corrected chi connectivity index (χ3v) is 22.7. The molecule has 0 bridgehead atoms. The fourth-order valence-corrected chi connectivity index (χ4v) is 14.9. The molecular formula is C105H139N15O7. The van der Waals surface area contributed by atoms with Crippen molar-refractivity contribution in [1.82, 2.24) is 14.7 Å². The molecule has 3 aliphatic rings. The molecule has 22 nitrogen and oxygen atoms in total. The van der Waals surface area contributed by atoms with E-state index in [0.717, 1.165) is 208 Å². The number of esters is 1. The molecule has 0 aliphatic carbocycles. The van der Waals surface area contributed by atoms with Gasteiger partial charge in [-0.25, -0.2) is 44.9 Å². The maximum atomic E-state index is 13.6.